The van der Waals surface area contributed by atoms with Crippen molar-refractivity contribution in [2.75, 3.05) is 5.32 Å². The molecule has 5 rings (SSSR count). The van der Waals surface area contributed by atoms with Crippen molar-refractivity contribution in [2.24, 2.45) is 0 Å². The maximum absolute atomic E-state index is 12.8. The molecule has 0 aliphatic heterocycles. The summed E-state index contributed by atoms with van der Waals surface area (Å²) >= 11 is 1.54. The van der Waals surface area contributed by atoms with E-state index in [4.69, 9.17) is 0 Å². The molecule has 0 aliphatic rings. The van der Waals surface area contributed by atoms with Crippen LogP contribution in [0.5, 0.6) is 0 Å². The van der Waals surface area contributed by atoms with Gasteiger partial charge >= 0.3 is 0 Å². The minimum Gasteiger partial charge on any atom is -0.332 e. The van der Waals surface area contributed by atoms with Crippen molar-refractivity contribution in [1.29, 1.82) is 0 Å². The summed E-state index contributed by atoms with van der Waals surface area (Å²) in [4.78, 5) is 27.0. The minimum absolute atomic E-state index is 0.0605. The predicted molar refractivity (Wildman–Crippen MR) is 123 cm³/mol. The highest BCUT2D eigenvalue weighted by Crippen LogP contribution is 2.31. The largest absolute Gasteiger partial charge is 0.332 e. The number of hydrogen-bond donors (Lipinski definition) is 1. The third kappa shape index (κ3) is 3.95. The van der Waals surface area contributed by atoms with E-state index in [1.807, 2.05) is 84.5 Å². The Balaban J connectivity index is 1.34. The Bertz CT molecular complexity index is 1390. The van der Waals surface area contributed by atoms with Gasteiger partial charge in [-0.25, -0.2) is 9.97 Å². The molecule has 0 aliphatic carbocycles. The van der Waals surface area contributed by atoms with Crippen LogP contribution in [0.15, 0.2) is 79.4 Å². The maximum atomic E-state index is 12.8. The van der Waals surface area contributed by atoms with Crippen LogP contribution in [0.1, 0.15) is 21.6 Å². The standard InChI is InChI=1S/C24H19N5OS/c1-16-17(7-5-10-25-16)13-21(30)18-6-4-8-19(12-18)28-24-27-15-22(31-24)20-14-26-23-9-2-3-11-29(20)23/h2-12,14-15H,13H2,1H3,(H,27,28). The van der Waals surface area contributed by atoms with Crippen LogP contribution in [0.2, 0.25) is 0 Å². The highest BCUT2D eigenvalue weighted by molar-refractivity contribution is 7.18. The van der Waals surface area contributed by atoms with Gasteiger partial charge in [0.25, 0.3) is 0 Å². The van der Waals surface area contributed by atoms with Gasteiger partial charge in [0.05, 0.1) is 16.8 Å². The van der Waals surface area contributed by atoms with E-state index in [-0.39, 0.29) is 5.78 Å². The van der Waals surface area contributed by atoms with Crippen molar-refractivity contribution in [1.82, 2.24) is 19.4 Å². The summed E-state index contributed by atoms with van der Waals surface area (Å²) in [6.45, 7) is 1.92. The van der Waals surface area contributed by atoms with Crippen LogP contribution < -0.4 is 5.32 Å². The first-order valence-electron chi connectivity index (χ1n) is 9.86. The smallest absolute Gasteiger partial charge is 0.187 e. The molecular weight excluding hydrogens is 406 g/mol. The number of imidazole rings is 1. The molecule has 4 heterocycles. The van der Waals surface area contributed by atoms with Crippen molar-refractivity contribution in [3.8, 4) is 10.6 Å². The molecule has 31 heavy (non-hydrogen) atoms. The second-order valence-corrected chi connectivity index (χ2v) is 8.19. The Kier molecular flexibility index (Phi) is 5.01. The molecule has 7 heteroatoms. The van der Waals surface area contributed by atoms with Gasteiger partial charge in [-0.2, -0.15) is 0 Å². The SMILES string of the molecule is Cc1ncccc1CC(=O)c1cccc(Nc2ncc(-c3cnc4ccccn34)s2)c1. The second kappa shape index (κ2) is 8.12. The Labute approximate surface area is 183 Å². The first-order valence-corrected chi connectivity index (χ1v) is 10.7. The molecule has 0 spiro atoms. The van der Waals surface area contributed by atoms with E-state index in [1.165, 1.54) is 0 Å². The zero-order valence-corrected chi connectivity index (χ0v) is 17.6. The number of ketones is 1. The molecule has 0 radical (unpaired) electrons. The number of nitrogens with zero attached hydrogens (tertiary/aromatic N) is 4. The average Bonchev–Trinajstić information content (AvgIpc) is 3.42. The molecule has 0 saturated carbocycles. The van der Waals surface area contributed by atoms with Crippen LogP contribution in [0.4, 0.5) is 10.8 Å². The fourth-order valence-electron chi connectivity index (χ4n) is 3.44. The van der Waals surface area contributed by atoms with Gasteiger partial charge in [0, 0.05) is 42.0 Å². The summed E-state index contributed by atoms with van der Waals surface area (Å²) in [6, 6.07) is 17.2. The van der Waals surface area contributed by atoms with Gasteiger partial charge in [-0.15, -0.1) is 0 Å². The van der Waals surface area contributed by atoms with Crippen LogP contribution in [0.25, 0.3) is 16.2 Å². The summed E-state index contributed by atoms with van der Waals surface area (Å²) in [7, 11) is 0. The lowest BCUT2D eigenvalue weighted by Crippen LogP contribution is -2.06. The Morgan fingerprint density at radius 2 is 1.97 bits per heavy atom. The molecule has 0 bridgehead atoms. The summed E-state index contributed by atoms with van der Waals surface area (Å²) in [5.74, 6) is 0.0605. The third-order valence-corrected chi connectivity index (χ3v) is 6.01. The highest BCUT2D eigenvalue weighted by atomic mass is 32.1. The van der Waals surface area contributed by atoms with Crippen molar-refractivity contribution in [2.45, 2.75) is 13.3 Å². The Morgan fingerprint density at radius 1 is 1.03 bits per heavy atom. The maximum Gasteiger partial charge on any atom is 0.187 e. The first kappa shape index (κ1) is 19.1. The molecule has 1 N–H and O–H groups in total. The number of rotatable bonds is 6. The third-order valence-electron chi connectivity index (χ3n) is 5.08. The fourth-order valence-corrected chi connectivity index (χ4v) is 4.28. The summed E-state index contributed by atoms with van der Waals surface area (Å²) in [5, 5.41) is 4.08. The highest BCUT2D eigenvalue weighted by Gasteiger charge is 2.12. The summed E-state index contributed by atoms with van der Waals surface area (Å²) in [5.41, 5.74) is 5.21. The van der Waals surface area contributed by atoms with E-state index >= 15 is 0 Å². The number of fused-ring (bicyclic) bond motifs is 1. The quantitative estimate of drug-likeness (QED) is 0.372. The van der Waals surface area contributed by atoms with Crippen LogP contribution in [-0.2, 0) is 6.42 Å². The number of thiazole rings is 1. The van der Waals surface area contributed by atoms with Crippen molar-refractivity contribution in [3.05, 3.63) is 96.2 Å². The van der Waals surface area contributed by atoms with Gasteiger partial charge in [-0.3, -0.25) is 14.2 Å². The van der Waals surface area contributed by atoms with Gasteiger partial charge in [-0.1, -0.05) is 35.6 Å². The Morgan fingerprint density at radius 3 is 2.87 bits per heavy atom. The minimum atomic E-state index is 0.0605. The topological polar surface area (TPSA) is 72.2 Å². The lowest BCUT2D eigenvalue weighted by molar-refractivity contribution is 0.0992. The molecule has 0 unspecified atom stereocenters. The van der Waals surface area contributed by atoms with E-state index in [0.29, 0.717) is 12.0 Å². The normalized spacial score (nSPS) is 11.0. The second-order valence-electron chi connectivity index (χ2n) is 7.16. The van der Waals surface area contributed by atoms with Gasteiger partial charge < -0.3 is 5.32 Å². The monoisotopic (exact) mass is 425 g/mol. The zero-order chi connectivity index (χ0) is 21.2. The first-order chi connectivity index (χ1) is 15.2. The number of hydrogen-bond acceptors (Lipinski definition) is 6. The number of Topliss-reactive ketones (excluding diaryl/α,β-unsaturated/α-hetero) is 1. The van der Waals surface area contributed by atoms with Gasteiger partial charge in [0.2, 0.25) is 0 Å². The summed E-state index contributed by atoms with van der Waals surface area (Å²) < 4.78 is 2.04. The zero-order valence-electron chi connectivity index (χ0n) is 16.8. The van der Waals surface area contributed by atoms with Crippen LogP contribution in [0, 0.1) is 6.92 Å². The number of pyridine rings is 2. The molecule has 1 aromatic carbocycles. The van der Waals surface area contributed by atoms with Crippen LogP contribution in [0.3, 0.4) is 0 Å². The molecule has 0 fully saturated rings. The summed E-state index contributed by atoms with van der Waals surface area (Å²) in [6.07, 6.45) is 7.75. The number of carbonyl (C=O) groups excluding carboxylic acids is 1. The predicted octanol–water partition coefficient (Wildman–Crippen LogP) is 5.33. The van der Waals surface area contributed by atoms with Gasteiger partial charge in [0.15, 0.2) is 10.9 Å². The molecular formula is C24H19N5OS. The van der Waals surface area contributed by atoms with Crippen LogP contribution in [-0.4, -0.2) is 25.1 Å². The van der Waals surface area contributed by atoms with E-state index in [2.05, 4.69) is 20.3 Å². The molecule has 6 nitrogen and oxygen atoms in total. The number of nitrogens with one attached hydrogen (secondary N) is 1. The molecule has 0 atom stereocenters. The molecule has 4 aromatic heterocycles. The lowest BCUT2D eigenvalue weighted by atomic mass is 10.0. The van der Waals surface area contributed by atoms with Crippen molar-refractivity contribution < 1.29 is 4.79 Å². The number of carbonyl (C=O) groups is 1. The van der Waals surface area contributed by atoms with E-state index in [9.17, 15) is 4.79 Å². The van der Waals surface area contributed by atoms with Crippen molar-refractivity contribution in [3.63, 3.8) is 0 Å². The number of benzene rings is 1. The average molecular weight is 426 g/mol. The van der Waals surface area contributed by atoms with Crippen LogP contribution >= 0.6 is 11.3 Å². The van der Waals surface area contributed by atoms with E-state index < -0.39 is 0 Å². The molecule has 152 valence electrons. The molecule has 5 aromatic rings. The molecule has 0 amide bonds. The number of aromatic nitrogens is 4. The van der Waals surface area contributed by atoms with Gasteiger partial charge in [0.1, 0.15) is 5.65 Å². The van der Waals surface area contributed by atoms with Gasteiger partial charge in [-0.05, 0) is 42.8 Å². The number of anilines is 2. The Hall–Kier alpha value is -3.84. The van der Waals surface area contributed by atoms with E-state index in [0.717, 1.165) is 38.3 Å². The fraction of sp³-hybridized carbons (Fsp3) is 0.0833. The number of aryl methyl sites for hydroxylation is 1. The van der Waals surface area contributed by atoms with Crippen molar-refractivity contribution >= 4 is 33.6 Å². The molecule has 0 saturated heterocycles. The van der Waals surface area contributed by atoms with E-state index in [1.54, 1.807) is 17.5 Å². The lowest BCUT2D eigenvalue weighted by Gasteiger charge is -2.07.